The van der Waals surface area contributed by atoms with Gasteiger partial charge in [0.1, 0.15) is 0 Å². The first-order chi connectivity index (χ1) is 11.0. The first-order valence-electron chi connectivity index (χ1n) is 7.83. The maximum Gasteiger partial charge on any atom is 0.253 e. The lowest BCUT2D eigenvalue weighted by molar-refractivity contribution is 0.0650. The average Bonchev–Trinajstić information content (AvgIpc) is 3.05. The minimum absolute atomic E-state index is 0.0149. The molecule has 0 radical (unpaired) electrons. The zero-order valence-electron chi connectivity index (χ0n) is 13.1. The highest BCUT2D eigenvalue weighted by Crippen LogP contribution is 2.26. The third kappa shape index (κ3) is 3.54. The topological polar surface area (TPSA) is 91.4 Å². The number of pyridine rings is 1. The fourth-order valence-electron chi connectivity index (χ4n) is 3.50. The van der Waals surface area contributed by atoms with Gasteiger partial charge in [0, 0.05) is 49.9 Å². The van der Waals surface area contributed by atoms with E-state index >= 15 is 0 Å². The maximum atomic E-state index is 12.6. The monoisotopic (exact) mass is 338 g/mol. The molecule has 0 saturated carbocycles. The minimum Gasteiger partial charge on any atom is -0.338 e. The van der Waals surface area contributed by atoms with Crippen molar-refractivity contribution in [2.75, 3.05) is 25.9 Å². The fourth-order valence-corrected chi connectivity index (χ4v) is 4.71. The van der Waals surface area contributed by atoms with Gasteiger partial charge in [-0.15, -0.1) is 0 Å². The number of nitrogens with one attached hydrogen (secondary N) is 2. The Morgan fingerprint density at radius 3 is 2.78 bits per heavy atom. The molecule has 3 atom stereocenters. The average molecular weight is 338 g/mol. The lowest BCUT2D eigenvalue weighted by Crippen LogP contribution is -2.51. The second-order valence-electron chi connectivity index (χ2n) is 6.31. The van der Waals surface area contributed by atoms with Crippen molar-refractivity contribution in [2.24, 2.45) is 5.92 Å². The van der Waals surface area contributed by atoms with Crippen LogP contribution in [0.4, 0.5) is 0 Å². The summed E-state index contributed by atoms with van der Waals surface area (Å²) in [6, 6.07) is 3.26. The normalized spacial score (nSPS) is 28.7. The van der Waals surface area contributed by atoms with Gasteiger partial charge < -0.3 is 4.90 Å². The van der Waals surface area contributed by atoms with E-state index in [9.17, 15) is 13.2 Å². The van der Waals surface area contributed by atoms with Crippen molar-refractivity contribution in [3.05, 3.63) is 30.1 Å². The van der Waals surface area contributed by atoms with E-state index in [-0.39, 0.29) is 17.9 Å². The van der Waals surface area contributed by atoms with Crippen LogP contribution in [-0.4, -0.2) is 61.4 Å². The Morgan fingerprint density at radius 2 is 2.09 bits per heavy atom. The minimum atomic E-state index is -3.13. The summed E-state index contributed by atoms with van der Waals surface area (Å²) in [5.41, 5.74) is 6.69. The molecule has 3 unspecified atom stereocenters. The summed E-state index contributed by atoms with van der Waals surface area (Å²) in [5, 5.41) is -0.441. The summed E-state index contributed by atoms with van der Waals surface area (Å²) in [6.45, 7) is 1.70. The molecule has 2 N–H and O–H groups in total. The van der Waals surface area contributed by atoms with Crippen molar-refractivity contribution in [2.45, 2.75) is 24.1 Å². The molecule has 1 amide bonds. The molecule has 2 fully saturated rings. The van der Waals surface area contributed by atoms with Gasteiger partial charge in [-0.25, -0.2) is 8.42 Å². The molecule has 23 heavy (non-hydrogen) atoms. The van der Waals surface area contributed by atoms with Crippen LogP contribution in [0.3, 0.4) is 0 Å². The predicted molar refractivity (Wildman–Crippen MR) is 86.4 cm³/mol. The number of nitrogens with zero attached hydrogens (tertiary/aromatic N) is 2. The van der Waals surface area contributed by atoms with Gasteiger partial charge in [0.25, 0.3) is 5.91 Å². The number of piperidine rings is 1. The SMILES string of the molecule is CS(=O)(=O)C1CNNC1C1CCCN(C(=O)c2ccncc2)C1. The van der Waals surface area contributed by atoms with Crippen LogP contribution < -0.4 is 10.9 Å². The first kappa shape index (κ1) is 16.4. The van der Waals surface area contributed by atoms with Crippen molar-refractivity contribution in [3.8, 4) is 0 Å². The highest BCUT2D eigenvalue weighted by molar-refractivity contribution is 7.91. The van der Waals surface area contributed by atoms with Crippen molar-refractivity contribution in [3.63, 3.8) is 0 Å². The van der Waals surface area contributed by atoms with Gasteiger partial charge in [0.05, 0.1) is 5.25 Å². The molecule has 0 aliphatic carbocycles. The molecule has 0 spiro atoms. The lowest BCUT2D eigenvalue weighted by atomic mass is 9.89. The van der Waals surface area contributed by atoms with Gasteiger partial charge in [-0.2, -0.15) is 0 Å². The third-order valence-electron chi connectivity index (χ3n) is 4.70. The quantitative estimate of drug-likeness (QED) is 0.795. The second kappa shape index (κ2) is 6.54. The van der Waals surface area contributed by atoms with E-state index in [1.165, 1.54) is 6.26 Å². The van der Waals surface area contributed by atoms with Crippen LogP contribution in [0.25, 0.3) is 0 Å². The third-order valence-corrected chi connectivity index (χ3v) is 6.26. The van der Waals surface area contributed by atoms with Crippen LogP contribution in [0.5, 0.6) is 0 Å². The molecule has 1 aromatic rings. The van der Waals surface area contributed by atoms with Crippen LogP contribution in [-0.2, 0) is 9.84 Å². The molecule has 1 aromatic heterocycles. The molecule has 7 nitrogen and oxygen atoms in total. The molecule has 2 saturated heterocycles. The number of rotatable bonds is 3. The molecule has 2 aliphatic heterocycles. The molecule has 126 valence electrons. The van der Waals surface area contributed by atoms with Crippen LogP contribution in [0, 0.1) is 5.92 Å². The molecular formula is C15H22N4O3S. The first-order valence-corrected chi connectivity index (χ1v) is 9.79. The van der Waals surface area contributed by atoms with Crippen LogP contribution in [0.15, 0.2) is 24.5 Å². The number of amides is 1. The molecule has 0 aromatic carbocycles. The van der Waals surface area contributed by atoms with Gasteiger partial charge in [0.15, 0.2) is 9.84 Å². The van der Waals surface area contributed by atoms with Gasteiger partial charge in [-0.3, -0.25) is 20.6 Å². The highest BCUT2D eigenvalue weighted by atomic mass is 32.2. The van der Waals surface area contributed by atoms with Gasteiger partial charge in [-0.05, 0) is 30.9 Å². The Hall–Kier alpha value is -1.51. The Labute approximate surface area is 136 Å². The van der Waals surface area contributed by atoms with Crippen LogP contribution in [0.2, 0.25) is 0 Å². The zero-order chi connectivity index (χ0) is 16.4. The number of carbonyl (C=O) groups is 1. The van der Waals surface area contributed by atoms with E-state index in [4.69, 9.17) is 0 Å². The van der Waals surface area contributed by atoms with Crippen molar-refractivity contribution >= 4 is 15.7 Å². The Balaban J connectivity index is 1.72. The second-order valence-corrected chi connectivity index (χ2v) is 8.57. The number of likely N-dealkylation sites (tertiary alicyclic amines) is 1. The molecular weight excluding hydrogens is 316 g/mol. The van der Waals surface area contributed by atoms with Crippen molar-refractivity contribution in [1.29, 1.82) is 0 Å². The molecule has 0 bridgehead atoms. The lowest BCUT2D eigenvalue weighted by Gasteiger charge is -2.37. The molecule has 3 rings (SSSR count). The number of hydrogen-bond donors (Lipinski definition) is 2. The largest absolute Gasteiger partial charge is 0.338 e. The van der Waals surface area contributed by atoms with Crippen LogP contribution in [0.1, 0.15) is 23.2 Å². The summed E-state index contributed by atoms with van der Waals surface area (Å²) in [5.74, 6) is 0.114. The standard InChI is InChI=1S/C15H22N4O3S/c1-23(21,22)13-9-17-18-14(13)12-3-2-8-19(10-12)15(20)11-4-6-16-7-5-11/h4-7,12-14,17-18H,2-3,8-10H2,1H3. The smallest absolute Gasteiger partial charge is 0.253 e. The van der Waals surface area contributed by atoms with Crippen molar-refractivity contribution < 1.29 is 13.2 Å². The van der Waals surface area contributed by atoms with Gasteiger partial charge in [-0.1, -0.05) is 0 Å². The number of hydrazine groups is 1. The van der Waals surface area contributed by atoms with E-state index in [1.807, 2.05) is 4.90 Å². The maximum absolute atomic E-state index is 12.6. The Morgan fingerprint density at radius 1 is 1.35 bits per heavy atom. The number of sulfone groups is 1. The highest BCUT2D eigenvalue weighted by Gasteiger charge is 2.41. The van der Waals surface area contributed by atoms with E-state index in [1.54, 1.807) is 24.5 Å². The predicted octanol–water partition coefficient (Wildman–Crippen LogP) is -0.177. The van der Waals surface area contributed by atoms with Gasteiger partial charge in [0.2, 0.25) is 0 Å². The summed E-state index contributed by atoms with van der Waals surface area (Å²) >= 11 is 0. The zero-order valence-corrected chi connectivity index (χ0v) is 13.9. The van der Waals surface area contributed by atoms with E-state index < -0.39 is 15.1 Å². The van der Waals surface area contributed by atoms with E-state index in [0.29, 0.717) is 25.2 Å². The molecule has 8 heteroatoms. The molecule has 3 heterocycles. The number of aromatic nitrogens is 1. The van der Waals surface area contributed by atoms with Crippen molar-refractivity contribution in [1.82, 2.24) is 20.7 Å². The molecule has 2 aliphatic rings. The fraction of sp³-hybridized carbons (Fsp3) is 0.600. The summed E-state index contributed by atoms with van der Waals surface area (Å²) in [4.78, 5) is 18.3. The summed E-state index contributed by atoms with van der Waals surface area (Å²) in [6.07, 6.45) is 6.30. The van der Waals surface area contributed by atoms with Gasteiger partial charge >= 0.3 is 0 Å². The summed E-state index contributed by atoms with van der Waals surface area (Å²) < 4.78 is 23.9. The Kier molecular flexibility index (Phi) is 4.65. The van der Waals surface area contributed by atoms with E-state index in [0.717, 1.165) is 12.8 Å². The van der Waals surface area contributed by atoms with Crippen LogP contribution >= 0.6 is 0 Å². The number of hydrogen-bond acceptors (Lipinski definition) is 6. The van der Waals surface area contributed by atoms with E-state index in [2.05, 4.69) is 15.8 Å². The number of carbonyl (C=O) groups excluding carboxylic acids is 1. The summed E-state index contributed by atoms with van der Waals surface area (Å²) in [7, 11) is -3.13. The Bertz CT molecular complexity index is 665.